The van der Waals surface area contributed by atoms with Crippen LogP contribution in [-0.4, -0.2) is 12.6 Å². The quantitative estimate of drug-likeness (QED) is 0.765. The number of benzene rings is 1. The van der Waals surface area contributed by atoms with E-state index in [-0.39, 0.29) is 0 Å². The van der Waals surface area contributed by atoms with Crippen molar-refractivity contribution in [2.24, 2.45) is 5.92 Å². The van der Waals surface area contributed by atoms with E-state index in [0.29, 0.717) is 17.9 Å². The Balaban J connectivity index is 2.26. The molecule has 0 saturated carbocycles. The lowest BCUT2D eigenvalue weighted by molar-refractivity contribution is 0.335. The number of nitrogens with one attached hydrogen (secondary N) is 1. The number of furan rings is 1. The molecule has 21 heavy (non-hydrogen) atoms. The first-order valence-corrected chi connectivity index (χ1v) is 8.05. The summed E-state index contributed by atoms with van der Waals surface area (Å²) in [6.45, 7) is 7.81. The smallest absolute Gasteiger partial charge is 0.0935 e. The van der Waals surface area contributed by atoms with Crippen molar-refractivity contribution in [3.8, 4) is 0 Å². The summed E-state index contributed by atoms with van der Waals surface area (Å²) < 4.78 is 5.24. The molecule has 0 bridgehead atoms. The molecule has 0 fully saturated rings. The molecular formula is C19H27NO. The zero-order valence-corrected chi connectivity index (χ0v) is 13.4. The van der Waals surface area contributed by atoms with Crippen LogP contribution in [0.15, 0.2) is 53.3 Å². The first-order chi connectivity index (χ1) is 10.3. The Labute approximate surface area is 128 Å². The number of hydrogen-bond donors (Lipinski definition) is 1. The SMILES string of the molecule is CCNC(Cc1ccoc1)C(c1ccccc1)C(C)CC. The van der Waals surface area contributed by atoms with Crippen molar-refractivity contribution in [2.75, 3.05) is 6.54 Å². The fourth-order valence-electron chi connectivity index (χ4n) is 3.14. The van der Waals surface area contributed by atoms with Crippen LogP contribution in [0.25, 0.3) is 0 Å². The van der Waals surface area contributed by atoms with Crippen LogP contribution in [0.2, 0.25) is 0 Å². The molecule has 0 saturated heterocycles. The Morgan fingerprint density at radius 2 is 1.86 bits per heavy atom. The van der Waals surface area contributed by atoms with E-state index < -0.39 is 0 Å². The second kappa shape index (κ2) is 8.04. The zero-order valence-electron chi connectivity index (χ0n) is 13.4. The zero-order chi connectivity index (χ0) is 15.1. The molecule has 1 aromatic carbocycles. The van der Waals surface area contributed by atoms with Crippen LogP contribution < -0.4 is 5.32 Å². The van der Waals surface area contributed by atoms with Crippen LogP contribution in [0.4, 0.5) is 0 Å². The minimum atomic E-state index is 0.435. The topological polar surface area (TPSA) is 25.2 Å². The van der Waals surface area contributed by atoms with Gasteiger partial charge in [0.2, 0.25) is 0 Å². The van der Waals surface area contributed by atoms with Gasteiger partial charge in [-0.25, -0.2) is 0 Å². The highest BCUT2D eigenvalue weighted by molar-refractivity contribution is 5.23. The van der Waals surface area contributed by atoms with Crippen molar-refractivity contribution in [2.45, 2.75) is 45.6 Å². The van der Waals surface area contributed by atoms with E-state index in [1.54, 1.807) is 6.26 Å². The van der Waals surface area contributed by atoms with Crippen LogP contribution in [0, 0.1) is 5.92 Å². The molecule has 2 rings (SSSR count). The highest BCUT2D eigenvalue weighted by Gasteiger charge is 2.27. The molecule has 0 spiro atoms. The molecule has 0 aliphatic heterocycles. The van der Waals surface area contributed by atoms with Gasteiger partial charge < -0.3 is 9.73 Å². The summed E-state index contributed by atoms with van der Waals surface area (Å²) in [6, 6.07) is 13.4. The maximum absolute atomic E-state index is 5.24. The Morgan fingerprint density at radius 3 is 2.43 bits per heavy atom. The molecule has 2 aromatic rings. The fourth-order valence-corrected chi connectivity index (χ4v) is 3.14. The molecule has 3 atom stereocenters. The standard InChI is InChI=1S/C19H27NO/c1-4-15(3)19(17-9-7-6-8-10-17)18(20-5-2)13-16-11-12-21-14-16/h6-12,14-15,18-20H,4-5,13H2,1-3H3. The second-order valence-electron chi connectivity index (χ2n) is 5.82. The lowest BCUT2D eigenvalue weighted by Crippen LogP contribution is -2.39. The summed E-state index contributed by atoms with van der Waals surface area (Å²) in [7, 11) is 0. The monoisotopic (exact) mass is 285 g/mol. The Hall–Kier alpha value is -1.54. The van der Waals surface area contributed by atoms with Gasteiger partial charge in [0.15, 0.2) is 0 Å². The molecule has 0 aliphatic rings. The van der Waals surface area contributed by atoms with Gasteiger partial charge in [-0.15, -0.1) is 0 Å². The van der Waals surface area contributed by atoms with E-state index >= 15 is 0 Å². The largest absolute Gasteiger partial charge is 0.472 e. The van der Waals surface area contributed by atoms with Crippen molar-refractivity contribution in [3.63, 3.8) is 0 Å². The lowest BCUT2D eigenvalue weighted by atomic mass is 9.78. The van der Waals surface area contributed by atoms with Gasteiger partial charge in [0.25, 0.3) is 0 Å². The van der Waals surface area contributed by atoms with Crippen molar-refractivity contribution in [1.82, 2.24) is 5.32 Å². The summed E-state index contributed by atoms with van der Waals surface area (Å²) in [4.78, 5) is 0. The third kappa shape index (κ3) is 4.21. The van der Waals surface area contributed by atoms with Gasteiger partial charge in [-0.05, 0) is 36.1 Å². The summed E-state index contributed by atoms with van der Waals surface area (Å²) in [5.41, 5.74) is 2.70. The van der Waals surface area contributed by atoms with E-state index in [4.69, 9.17) is 4.42 Å². The molecule has 1 aromatic heterocycles. The van der Waals surface area contributed by atoms with Crippen LogP contribution in [0.5, 0.6) is 0 Å². The molecule has 1 heterocycles. The Kier molecular flexibility index (Phi) is 6.06. The van der Waals surface area contributed by atoms with Crippen molar-refractivity contribution < 1.29 is 4.42 Å². The van der Waals surface area contributed by atoms with Crippen LogP contribution in [0.1, 0.15) is 44.2 Å². The minimum absolute atomic E-state index is 0.435. The molecule has 2 heteroatoms. The summed E-state index contributed by atoms with van der Waals surface area (Å²) in [5, 5.41) is 3.69. The van der Waals surface area contributed by atoms with Crippen molar-refractivity contribution in [3.05, 3.63) is 60.1 Å². The summed E-state index contributed by atoms with van der Waals surface area (Å²) in [5.74, 6) is 1.16. The van der Waals surface area contributed by atoms with Gasteiger partial charge in [0.1, 0.15) is 0 Å². The first kappa shape index (κ1) is 15.8. The van der Waals surface area contributed by atoms with Gasteiger partial charge in [-0.3, -0.25) is 0 Å². The van der Waals surface area contributed by atoms with Crippen molar-refractivity contribution in [1.29, 1.82) is 0 Å². The highest BCUT2D eigenvalue weighted by atomic mass is 16.3. The Morgan fingerprint density at radius 1 is 1.10 bits per heavy atom. The van der Waals surface area contributed by atoms with Gasteiger partial charge in [-0.1, -0.05) is 57.5 Å². The molecular weight excluding hydrogens is 258 g/mol. The highest BCUT2D eigenvalue weighted by Crippen LogP contribution is 2.32. The second-order valence-corrected chi connectivity index (χ2v) is 5.82. The third-order valence-corrected chi connectivity index (χ3v) is 4.38. The molecule has 1 N–H and O–H groups in total. The van der Waals surface area contributed by atoms with Gasteiger partial charge in [-0.2, -0.15) is 0 Å². The molecule has 3 unspecified atom stereocenters. The van der Waals surface area contributed by atoms with Gasteiger partial charge >= 0.3 is 0 Å². The normalized spacial score (nSPS) is 15.6. The van der Waals surface area contributed by atoms with E-state index in [2.05, 4.69) is 62.5 Å². The van der Waals surface area contributed by atoms with E-state index in [9.17, 15) is 0 Å². The van der Waals surface area contributed by atoms with Gasteiger partial charge in [0.05, 0.1) is 12.5 Å². The fraction of sp³-hybridized carbons (Fsp3) is 0.474. The van der Waals surface area contributed by atoms with E-state index in [1.165, 1.54) is 17.5 Å². The summed E-state index contributed by atoms with van der Waals surface area (Å²) >= 11 is 0. The number of rotatable bonds is 8. The van der Waals surface area contributed by atoms with Crippen LogP contribution in [0.3, 0.4) is 0 Å². The Bertz CT molecular complexity index is 492. The maximum Gasteiger partial charge on any atom is 0.0935 e. The maximum atomic E-state index is 5.24. The molecule has 0 radical (unpaired) electrons. The van der Waals surface area contributed by atoms with Crippen LogP contribution in [-0.2, 0) is 6.42 Å². The minimum Gasteiger partial charge on any atom is -0.472 e. The van der Waals surface area contributed by atoms with E-state index in [1.807, 2.05) is 6.26 Å². The third-order valence-electron chi connectivity index (χ3n) is 4.38. The molecule has 2 nitrogen and oxygen atoms in total. The molecule has 0 aliphatic carbocycles. The molecule has 0 amide bonds. The van der Waals surface area contributed by atoms with Crippen molar-refractivity contribution >= 4 is 0 Å². The predicted octanol–water partition coefficient (Wildman–Crippen LogP) is 4.63. The van der Waals surface area contributed by atoms with E-state index in [0.717, 1.165) is 13.0 Å². The summed E-state index contributed by atoms with van der Waals surface area (Å²) in [6.07, 6.45) is 5.82. The first-order valence-electron chi connectivity index (χ1n) is 8.05. The predicted molar refractivity (Wildman–Crippen MR) is 88.5 cm³/mol. The van der Waals surface area contributed by atoms with Crippen LogP contribution >= 0.6 is 0 Å². The van der Waals surface area contributed by atoms with Gasteiger partial charge in [0, 0.05) is 12.0 Å². The number of likely N-dealkylation sites (N-methyl/N-ethyl adjacent to an activating group) is 1. The number of hydrogen-bond acceptors (Lipinski definition) is 2. The molecule has 114 valence electrons. The lowest BCUT2D eigenvalue weighted by Gasteiger charge is -2.32. The average molecular weight is 285 g/mol. The average Bonchev–Trinajstić information content (AvgIpc) is 3.01.